The molecule has 1 heterocycles. The molecule has 1 fully saturated rings. The molecule has 18 heavy (non-hydrogen) atoms. The van der Waals surface area contributed by atoms with Gasteiger partial charge in [-0.25, -0.2) is 4.39 Å². The zero-order chi connectivity index (χ0) is 13.1. The fourth-order valence-corrected chi connectivity index (χ4v) is 2.92. The van der Waals surface area contributed by atoms with Crippen LogP contribution < -0.4 is 10.1 Å². The highest BCUT2D eigenvalue weighted by Crippen LogP contribution is 2.33. The van der Waals surface area contributed by atoms with Crippen molar-refractivity contribution in [2.75, 3.05) is 20.2 Å². The third-order valence-corrected chi connectivity index (χ3v) is 3.86. The smallest absolute Gasteiger partial charge is 0.148 e. The lowest BCUT2D eigenvalue weighted by Gasteiger charge is -2.24. The second-order valence-corrected chi connectivity index (χ2v) is 5.31. The number of rotatable bonds is 3. The number of halogens is 2. The first-order valence-electron chi connectivity index (χ1n) is 6.35. The van der Waals surface area contributed by atoms with Gasteiger partial charge in [0.15, 0.2) is 0 Å². The van der Waals surface area contributed by atoms with Gasteiger partial charge in [-0.1, -0.05) is 11.6 Å². The second-order valence-electron chi connectivity index (χ2n) is 4.91. The molecular formula is C14H19ClFNO. The van der Waals surface area contributed by atoms with Crippen molar-refractivity contribution < 1.29 is 9.13 Å². The van der Waals surface area contributed by atoms with Crippen LogP contribution in [0.3, 0.4) is 0 Å². The lowest BCUT2D eigenvalue weighted by atomic mass is 9.91. The van der Waals surface area contributed by atoms with E-state index in [2.05, 4.69) is 5.32 Å². The summed E-state index contributed by atoms with van der Waals surface area (Å²) in [5.41, 5.74) is 1.51. The van der Waals surface area contributed by atoms with Gasteiger partial charge in [0.25, 0.3) is 0 Å². The van der Waals surface area contributed by atoms with E-state index in [9.17, 15) is 4.39 Å². The van der Waals surface area contributed by atoms with Crippen molar-refractivity contribution in [2.45, 2.75) is 26.2 Å². The fraction of sp³-hybridized carbons (Fsp3) is 0.571. The first kappa shape index (κ1) is 13.6. The van der Waals surface area contributed by atoms with Crippen LogP contribution in [-0.2, 0) is 6.42 Å². The number of nitrogens with one attached hydrogen (secondary N) is 1. The molecule has 0 aliphatic carbocycles. The van der Waals surface area contributed by atoms with E-state index in [1.807, 2.05) is 0 Å². The normalized spacial score (nSPS) is 19.9. The van der Waals surface area contributed by atoms with E-state index >= 15 is 0 Å². The lowest BCUT2D eigenvalue weighted by Crippen LogP contribution is -2.31. The van der Waals surface area contributed by atoms with E-state index in [-0.39, 0.29) is 10.8 Å². The molecule has 1 unspecified atom stereocenters. The quantitative estimate of drug-likeness (QED) is 0.910. The first-order chi connectivity index (χ1) is 8.63. The zero-order valence-electron chi connectivity index (χ0n) is 10.9. The highest BCUT2D eigenvalue weighted by Gasteiger charge is 2.19. The number of methoxy groups -OCH3 is 1. The van der Waals surface area contributed by atoms with Gasteiger partial charge in [-0.3, -0.25) is 0 Å². The molecule has 4 heteroatoms. The molecule has 0 saturated carbocycles. The Hall–Kier alpha value is -0.800. The summed E-state index contributed by atoms with van der Waals surface area (Å²) in [5, 5.41) is 3.57. The summed E-state index contributed by atoms with van der Waals surface area (Å²) in [5.74, 6) is 0.843. The predicted octanol–water partition coefficient (Wildman–Crippen LogP) is 3.34. The van der Waals surface area contributed by atoms with Gasteiger partial charge >= 0.3 is 0 Å². The molecule has 1 saturated heterocycles. The number of piperidine rings is 1. The van der Waals surface area contributed by atoms with Crippen LogP contribution in [0.1, 0.15) is 24.0 Å². The second kappa shape index (κ2) is 5.89. The number of ether oxygens (including phenoxy) is 1. The molecule has 1 N–H and O–H groups in total. The maximum absolute atomic E-state index is 13.7. The Morgan fingerprint density at radius 1 is 1.56 bits per heavy atom. The highest BCUT2D eigenvalue weighted by atomic mass is 35.5. The summed E-state index contributed by atoms with van der Waals surface area (Å²) in [6.07, 6.45) is 3.28. The summed E-state index contributed by atoms with van der Waals surface area (Å²) in [6.45, 7) is 3.82. The Morgan fingerprint density at radius 2 is 2.33 bits per heavy atom. The van der Waals surface area contributed by atoms with Gasteiger partial charge in [0.1, 0.15) is 11.6 Å². The molecule has 1 aromatic carbocycles. The average molecular weight is 272 g/mol. The predicted molar refractivity (Wildman–Crippen MR) is 72.0 cm³/mol. The van der Waals surface area contributed by atoms with Crippen molar-refractivity contribution in [3.63, 3.8) is 0 Å². The largest absolute Gasteiger partial charge is 0.496 e. The Bertz CT molecular complexity index is 430. The Labute approximate surface area is 112 Å². The van der Waals surface area contributed by atoms with Crippen LogP contribution in [0.5, 0.6) is 5.75 Å². The van der Waals surface area contributed by atoms with Crippen LogP contribution in [-0.4, -0.2) is 20.2 Å². The maximum atomic E-state index is 13.7. The SMILES string of the molecule is COc1c(CC2CCCNC2)cc(Cl)c(F)c1C. The third kappa shape index (κ3) is 2.78. The molecule has 0 amide bonds. The van der Waals surface area contributed by atoms with Gasteiger partial charge < -0.3 is 10.1 Å². The lowest BCUT2D eigenvalue weighted by molar-refractivity contribution is 0.362. The topological polar surface area (TPSA) is 21.3 Å². The Morgan fingerprint density at radius 3 is 2.94 bits per heavy atom. The van der Waals surface area contributed by atoms with Gasteiger partial charge in [-0.05, 0) is 56.8 Å². The van der Waals surface area contributed by atoms with Crippen molar-refractivity contribution in [2.24, 2.45) is 5.92 Å². The average Bonchev–Trinajstić information content (AvgIpc) is 2.38. The molecule has 0 bridgehead atoms. The van der Waals surface area contributed by atoms with Crippen LogP contribution >= 0.6 is 11.6 Å². The van der Waals surface area contributed by atoms with Crippen molar-refractivity contribution in [3.05, 3.63) is 28.0 Å². The minimum absolute atomic E-state index is 0.187. The molecule has 0 radical (unpaired) electrons. The highest BCUT2D eigenvalue weighted by molar-refractivity contribution is 6.30. The first-order valence-corrected chi connectivity index (χ1v) is 6.73. The monoisotopic (exact) mass is 271 g/mol. The molecule has 0 aromatic heterocycles. The van der Waals surface area contributed by atoms with E-state index in [1.54, 1.807) is 20.1 Å². The third-order valence-electron chi connectivity index (χ3n) is 3.58. The maximum Gasteiger partial charge on any atom is 0.148 e. The Balaban J connectivity index is 2.25. The van der Waals surface area contributed by atoms with Crippen molar-refractivity contribution in [3.8, 4) is 5.75 Å². The van der Waals surface area contributed by atoms with Crippen LogP contribution in [0.15, 0.2) is 6.07 Å². The standard InChI is InChI=1S/C14H19ClFNO/c1-9-13(16)12(15)7-11(14(9)18-2)6-10-4-3-5-17-8-10/h7,10,17H,3-6,8H2,1-2H3. The van der Waals surface area contributed by atoms with Gasteiger partial charge in [-0.15, -0.1) is 0 Å². The molecule has 1 aliphatic heterocycles. The van der Waals surface area contributed by atoms with Gasteiger partial charge in [0.05, 0.1) is 12.1 Å². The molecule has 1 aromatic rings. The number of hydrogen-bond acceptors (Lipinski definition) is 2. The van der Waals surface area contributed by atoms with E-state index in [1.165, 1.54) is 12.8 Å². The molecular weight excluding hydrogens is 253 g/mol. The summed E-state index contributed by atoms with van der Waals surface area (Å²) in [7, 11) is 1.58. The van der Waals surface area contributed by atoms with E-state index in [0.717, 1.165) is 25.1 Å². The molecule has 1 atom stereocenters. The molecule has 2 rings (SSSR count). The number of hydrogen-bond donors (Lipinski definition) is 1. The van der Waals surface area contributed by atoms with Crippen molar-refractivity contribution in [1.82, 2.24) is 5.32 Å². The van der Waals surface area contributed by atoms with Crippen LogP contribution in [0.4, 0.5) is 4.39 Å². The van der Waals surface area contributed by atoms with Crippen molar-refractivity contribution >= 4 is 11.6 Å². The van der Waals surface area contributed by atoms with Gasteiger partial charge in [0.2, 0.25) is 0 Å². The molecule has 0 spiro atoms. The molecule has 100 valence electrons. The summed E-state index contributed by atoms with van der Waals surface area (Å²) in [6, 6.07) is 1.71. The Kier molecular flexibility index (Phi) is 4.46. The van der Waals surface area contributed by atoms with E-state index in [0.29, 0.717) is 17.2 Å². The van der Waals surface area contributed by atoms with E-state index in [4.69, 9.17) is 16.3 Å². The number of benzene rings is 1. The minimum atomic E-state index is -0.376. The molecule has 2 nitrogen and oxygen atoms in total. The fourth-order valence-electron chi connectivity index (χ4n) is 2.65. The van der Waals surface area contributed by atoms with Crippen molar-refractivity contribution in [1.29, 1.82) is 0 Å². The van der Waals surface area contributed by atoms with Crippen LogP contribution in [0, 0.1) is 18.7 Å². The van der Waals surface area contributed by atoms with Crippen LogP contribution in [0.25, 0.3) is 0 Å². The van der Waals surface area contributed by atoms with Gasteiger partial charge in [0, 0.05) is 5.56 Å². The van der Waals surface area contributed by atoms with E-state index < -0.39 is 0 Å². The minimum Gasteiger partial charge on any atom is -0.496 e. The zero-order valence-corrected chi connectivity index (χ0v) is 11.6. The summed E-state index contributed by atoms with van der Waals surface area (Å²) < 4.78 is 19.0. The summed E-state index contributed by atoms with van der Waals surface area (Å²) in [4.78, 5) is 0. The molecule has 1 aliphatic rings. The summed E-state index contributed by atoms with van der Waals surface area (Å²) >= 11 is 5.92. The van der Waals surface area contributed by atoms with Crippen LogP contribution in [0.2, 0.25) is 5.02 Å². The van der Waals surface area contributed by atoms with Gasteiger partial charge in [-0.2, -0.15) is 0 Å².